The van der Waals surface area contributed by atoms with Crippen LogP contribution in [-0.2, 0) is 16.0 Å². The van der Waals surface area contributed by atoms with Gasteiger partial charge in [0.1, 0.15) is 0 Å². The first-order valence-corrected chi connectivity index (χ1v) is 11.2. The third-order valence-electron chi connectivity index (χ3n) is 5.79. The Hall–Kier alpha value is -2.08. The van der Waals surface area contributed by atoms with Crippen molar-refractivity contribution in [1.82, 2.24) is 10.6 Å². The minimum atomic E-state index is 0.208. The van der Waals surface area contributed by atoms with E-state index >= 15 is 0 Å². The van der Waals surface area contributed by atoms with Crippen molar-refractivity contribution in [3.8, 4) is 0 Å². The number of hydrogen-bond donors (Lipinski definition) is 2. The van der Waals surface area contributed by atoms with Crippen molar-refractivity contribution >= 4 is 17.6 Å². The van der Waals surface area contributed by atoms with Crippen LogP contribution in [-0.4, -0.2) is 51.3 Å². The highest BCUT2D eigenvalue weighted by Crippen LogP contribution is 2.28. The maximum absolute atomic E-state index is 12.5. The van der Waals surface area contributed by atoms with Crippen LogP contribution in [0.5, 0.6) is 0 Å². The Morgan fingerprint density at radius 1 is 1.14 bits per heavy atom. The SMILES string of the molecule is CN=C(NCCCOC1CCCCC1)NCCCC(=O)N1CCc2ccccc21. The smallest absolute Gasteiger partial charge is 0.227 e. The third-order valence-corrected chi connectivity index (χ3v) is 5.79. The molecule has 1 saturated carbocycles. The van der Waals surface area contributed by atoms with Crippen LogP contribution in [0, 0.1) is 0 Å². The predicted molar refractivity (Wildman–Crippen MR) is 119 cm³/mol. The van der Waals surface area contributed by atoms with Crippen molar-refractivity contribution in [2.75, 3.05) is 38.2 Å². The molecule has 0 atom stereocenters. The molecule has 1 heterocycles. The van der Waals surface area contributed by atoms with E-state index in [0.29, 0.717) is 12.5 Å². The molecule has 0 radical (unpaired) electrons. The van der Waals surface area contributed by atoms with E-state index in [-0.39, 0.29) is 5.91 Å². The third kappa shape index (κ3) is 6.74. The molecule has 1 amide bonds. The fourth-order valence-corrected chi connectivity index (χ4v) is 4.16. The Bertz CT molecular complexity index is 671. The highest BCUT2D eigenvalue weighted by Gasteiger charge is 2.23. The number of carbonyl (C=O) groups excluding carboxylic acids is 1. The summed E-state index contributed by atoms with van der Waals surface area (Å²) in [6.45, 7) is 3.19. The second-order valence-corrected chi connectivity index (χ2v) is 7.94. The van der Waals surface area contributed by atoms with Gasteiger partial charge in [0.25, 0.3) is 0 Å². The summed E-state index contributed by atoms with van der Waals surface area (Å²) in [7, 11) is 1.78. The molecule has 0 bridgehead atoms. The predicted octanol–water partition coefficient (Wildman–Crippen LogP) is 3.26. The monoisotopic (exact) mass is 400 g/mol. The Labute approximate surface area is 175 Å². The van der Waals surface area contributed by atoms with E-state index in [2.05, 4.69) is 21.7 Å². The first-order chi connectivity index (χ1) is 14.3. The van der Waals surface area contributed by atoms with Gasteiger partial charge in [0.05, 0.1) is 6.10 Å². The summed E-state index contributed by atoms with van der Waals surface area (Å²) in [5.41, 5.74) is 2.36. The van der Waals surface area contributed by atoms with Crippen LogP contribution in [0.1, 0.15) is 56.9 Å². The topological polar surface area (TPSA) is 66.0 Å². The van der Waals surface area contributed by atoms with Crippen LogP contribution in [0.4, 0.5) is 5.69 Å². The number of anilines is 1. The second-order valence-electron chi connectivity index (χ2n) is 7.94. The number of benzene rings is 1. The van der Waals surface area contributed by atoms with E-state index in [4.69, 9.17) is 4.74 Å². The van der Waals surface area contributed by atoms with Crippen molar-refractivity contribution in [1.29, 1.82) is 0 Å². The molecular formula is C23H36N4O2. The number of amides is 1. The summed E-state index contributed by atoms with van der Waals surface area (Å²) in [5.74, 6) is 1.00. The maximum Gasteiger partial charge on any atom is 0.227 e. The molecular weight excluding hydrogens is 364 g/mol. The average Bonchev–Trinajstić information content (AvgIpc) is 3.20. The van der Waals surface area contributed by atoms with E-state index in [1.807, 2.05) is 23.1 Å². The average molecular weight is 401 g/mol. The van der Waals surface area contributed by atoms with Crippen molar-refractivity contribution in [2.45, 2.75) is 63.9 Å². The molecule has 2 N–H and O–H groups in total. The number of fused-ring (bicyclic) bond motifs is 1. The molecule has 3 rings (SSSR count). The lowest BCUT2D eigenvalue weighted by molar-refractivity contribution is -0.118. The lowest BCUT2D eigenvalue weighted by Gasteiger charge is -2.22. The zero-order valence-electron chi connectivity index (χ0n) is 17.8. The van der Waals surface area contributed by atoms with Gasteiger partial charge < -0.3 is 20.3 Å². The molecule has 160 valence electrons. The number of ether oxygens (including phenoxy) is 1. The van der Waals surface area contributed by atoms with Crippen LogP contribution >= 0.6 is 0 Å². The fraction of sp³-hybridized carbons (Fsp3) is 0.652. The van der Waals surface area contributed by atoms with Gasteiger partial charge in [0, 0.05) is 45.4 Å². The van der Waals surface area contributed by atoms with E-state index in [0.717, 1.165) is 57.2 Å². The summed E-state index contributed by atoms with van der Waals surface area (Å²) in [6, 6.07) is 8.20. The number of guanidine groups is 1. The minimum Gasteiger partial charge on any atom is -0.378 e. The Kier molecular flexibility index (Phi) is 8.81. The Balaban J connectivity index is 1.25. The van der Waals surface area contributed by atoms with Crippen molar-refractivity contribution < 1.29 is 9.53 Å². The lowest BCUT2D eigenvalue weighted by Crippen LogP contribution is -2.39. The number of para-hydroxylation sites is 1. The zero-order valence-corrected chi connectivity index (χ0v) is 17.8. The summed E-state index contributed by atoms with van der Waals surface area (Å²) >= 11 is 0. The van der Waals surface area contributed by atoms with Crippen molar-refractivity contribution in [2.24, 2.45) is 4.99 Å². The van der Waals surface area contributed by atoms with Crippen molar-refractivity contribution in [3.63, 3.8) is 0 Å². The molecule has 1 fully saturated rings. The molecule has 1 aliphatic heterocycles. The highest BCUT2D eigenvalue weighted by atomic mass is 16.5. The molecule has 6 heteroatoms. The quantitative estimate of drug-likeness (QED) is 0.379. The van der Waals surface area contributed by atoms with Crippen molar-refractivity contribution in [3.05, 3.63) is 29.8 Å². The molecule has 0 unspecified atom stereocenters. The summed E-state index contributed by atoms with van der Waals surface area (Å²) in [5, 5.41) is 6.63. The Morgan fingerprint density at radius 2 is 1.90 bits per heavy atom. The zero-order chi connectivity index (χ0) is 20.3. The number of nitrogens with zero attached hydrogens (tertiary/aromatic N) is 2. The summed E-state index contributed by atoms with van der Waals surface area (Å²) in [6.07, 6.45) is 10.2. The van der Waals surface area contributed by atoms with Gasteiger partial charge in [-0.1, -0.05) is 37.5 Å². The molecule has 0 spiro atoms. The molecule has 6 nitrogen and oxygen atoms in total. The minimum absolute atomic E-state index is 0.208. The lowest BCUT2D eigenvalue weighted by atomic mass is 9.98. The van der Waals surface area contributed by atoms with E-state index in [9.17, 15) is 4.79 Å². The van der Waals surface area contributed by atoms with Crippen LogP contribution in [0.2, 0.25) is 0 Å². The maximum atomic E-state index is 12.5. The number of hydrogen-bond acceptors (Lipinski definition) is 3. The van der Waals surface area contributed by atoms with Gasteiger partial charge in [0.15, 0.2) is 5.96 Å². The van der Waals surface area contributed by atoms with Crippen LogP contribution < -0.4 is 15.5 Å². The number of carbonyl (C=O) groups is 1. The molecule has 1 aliphatic carbocycles. The van der Waals surface area contributed by atoms with Crippen LogP contribution in [0.25, 0.3) is 0 Å². The van der Waals surface area contributed by atoms with Gasteiger partial charge in [-0.2, -0.15) is 0 Å². The molecule has 0 saturated heterocycles. The highest BCUT2D eigenvalue weighted by molar-refractivity contribution is 5.95. The number of aliphatic imine (C=N–C) groups is 1. The van der Waals surface area contributed by atoms with E-state index in [1.54, 1.807) is 7.05 Å². The molecule has 1 aromatic carbocycles. The van der Waals surface area contributed by atoms with E-state index < -0.39 is 0 Å². The van der Waals surface area contributed by atoms with Gasteiger partial charge in [0.2, 0.25) is 5.91 Å². The second kappa shape index (κ2) is 11.8. The summed E-state index contributed by atoms with van der Waals surface area (Å²) < 4.78 is 5.95. The van der Waals surface area contributed by atoms with Crippen LogP contribution in [0.3, 0.4) is 0 Å². The number of rotatable bonds is 9. The van der Waals surface area contributed by atoms with Gasteiger partial charge in [-0.05, 0) is 43.7 Å². The normalized spacial score (nSPS) is 17.3. The Morgan fingerprint density at radius 3 is 2.69 bits per heavy atom. The summed E-state index contributed by atoms with van der Waals surface area (Å²) in [4.78, 5) is 18.7. The molecule has 0 aromatic heterocycles. The van der Waals surface area contributed by atoms with Gasteiger partial charge >= 0.3 is 0 Å². The largest absolute Gasteiger partial charge is 0.378 e. The fourth-order valence-electron chi connectivity index (χ4n) is 4.16. The molecule has 29 heavy (non-hydrogen) atoms. The van der Waals surface area contributed by atoms with Gasteiger partial charge in [-0.15, -0.1) is 0 Å². The van der Waals surface area contributed by atoms with Gasteiger partial charge in [-0.3, -0.25) is 9.79 Å². The van der Waals surface area contributed by atoms with Crippen LogP contribution in [0.15, 0.2) is 29.3 Å². The standard InChI is InChI=1S/C23H36N4O2/c1-24-23(26-16-8-18-29-20-10-3-2-4-11-20)25-15-7-13-22(28)27-17-14-19-9-5-6-12-21(19)27/h5-6,9,12,20H,2-4,7-8,10-11,13-18H2,1H3,(H2,24,25,26). The molecule has 2 aliphatic rings. The molecule has 1 aromatic rings. The van der Waals surface area contributed by atoms with E-state index in [1.165, 1.54) is 37.7 Å². The van der Waals surface area contributed by atoms with Gasteiger partial charge in [-0.25, -0.2) is 0 Å². The first-order valence-electron chi connectivity index (χ1n) is 11.2. The first kappa shape index (κ1) is 21.6. The number of nitrogens with one attached hydrogen (secondary N) is 2.